The van der Waals surface area contributed by atoms with E-state index in [0.29, 0.717) is 17.0 Å². The van der Waals surface area contributed by atoms with E-state index in [2.05, 4.69) is 6.92 Å². The number of hydrogen-bond acceptors (Lipinski definition) is 5. The fourth-order valence-electron chi connectivity index (χ4n) is 4.01. The SMILES string of the molecule is CCc1ccc(N2C[C@H](C(=O)Oc3ccc(N4C(=O)CCC4=O)c(C)c3)CC2=O)cc1. The first-order chi connectivity index (χ1) is 14.9. The Labute approximate surface area is 180 Å². The van der Waals surface area contributed by atoms with Gasteiger partial charge in [-0.25, -0.2) is 0 Å². The fourth-order valence-corrected chi connectivity index (χ4v) is 4.01. The average Bonchev–Trinajstić information content (AvgIpc) is 3.30. The molecular weight excluding hydrogens is 396 g/mol. The van der Waals surface area contributed by atoms with Crippen LogP contribution in [0.2, 0.25) is 0 Å². The number of benzene rings is 2. The molecule has 0 unspecified atom stereocenters. The number of hydrogen-bond donors (Lipinski definition) is 0. The summed E-state index contributed by atoms with van der Waals surface area (Å²) in [4.78, 5) is 51.9. The number of aryl methyl sites for hydroxylation is 2. The maximum atomic E-state index is 12.7. The van der Waals surface area contributed by atoms with Crippen molar-refractivity contribution in [3.63, 3.8) is 0 Å². The third kappa shape index (κ3) is 4.08. The molecule has 2 aromatic rings. The predicted molar refractivity (Wildman–Crippen MR) is 115 cm³/mol. The highest BCUT2D eigenvalue weighted by molar-refractivity contribution is 6.20. The molecule has 0 N–H and O–H groups in total. The van der Waals surface area contributed by atoms with Crippen molar-refractivity contribution in [3.8, 4) is 5.75 Å². The first-order valence-corrected chi connectivity index (χ1v) is 10.4. The Morgan fingerprint density at radius 3 is 2.29 bits per heavy atom. The van der Waals surface area contributed by atoms with Crippen molar-refractivity contribution in [1.29, 1.82) is 0 Å². The van der Waals surface area contributed by atoms with Crippen molar-refractivity contribution in [2.75, 3.05) is 16.3 Å². The van der Waals surface area contributed by atoms with Crippen LogP contribution in [0.3, 0.4) is 0 Å². The number of carbonyl (C=O) groups is 4. The van der Waals surface area contributed by atoms with Gasteiger partial charge in [-0.3, -0.25) is 24.1 Å². The van der Waals surface area contributed by atoms with Crippen molar-refractivity contribution >= 4 is 35.1 Å². The monoisotopic (exact) mass is 420 g/mol. The van der Waals surface area contributed by atoms with E-state index in [9.17, 15) is 19.2 Å². The summed E-state index contributed by atoms with van der Waals surface area (Å²) in [6.45, 7) is 4.10. The molecule has 0 spiro atoms. The molecule has 7 nitrogen and oxygen atoms in total. The summed E-state index contributed by atoms with van der Waals surface area (Å²) in [6, 6.07) is 12.6. The van der Waals surface area contributed by atoms with Crippen LogP contribution >= 0.6 is 0 Å². The summed E-state index contributed by atoms with van der Waals surface area (Å²) in [5.41, 5.74) is 3.12. The van der Waals surface area contributed by atoms with Gasteiger partial charge in [0, 0.05) is 31.5 Å². The van der Waals surface area contributed by atoms with Crippen LogP contribution in [0.1, 0.15) is 37.3 Å². The number of amides is 3. The Morgan fingerprint density at radius 1 is 1.00 bits per heavy atom. The minimum Gasteiger partial charge on any atom is -0.426 e. The zero-order valence-corrected chi connectivity index (χ0v) is 17.6. The van der Waals surface area contributed by atoms with Crippen LogP contribution in [0, 0.1) is 12.8 Å². The molecular formula is C24H24N2O5. The van der Waals surface area contributed by atoms with Crippen LogP contribution in [0.4, 0.5) is 11.4 Å². The van der Waals surface area contributed by atoms with E-state index in [1.165, 1.54) is 10.5 Å². The lowest BCUT2D eigenvalue weighted by molar-refractivity contribution is -0.139. The van der Waals surface area contributed by atoms with Gasteiger partial charge in [-0.05, 0) is 54.8 Å². The fraction of sp³-hybridized carbons (Fsp3) is 0.333. The van der Waals surface area contributed by atoms with Crippen LogP contribution in [-0.4, -0.2) is 30.2 Å². The van der Waals surface area contributed by atoms with Crippen molar-refractivity contribution in [1.82, 2.24) is 0 Å². The number of carbonyl (C=O) groups excluding carboxylic acids is 4. The van der Waals surface area contributed by atoms with E-state index in [4.69, 9.17) is 4.74 Å². The lowest BCUT2D eigenvalue weighted by Gasteiger charge is -2.18. The summed E-state index contributed by atoms with van der Waals surface area (Å²) >= 11 is 0. The van der Waals surface area contributed by atoms with Crippen LogP contribution in [-0.2, 0) is 25.6 Å². The molecule has 7 heteroatoms. The third-order valence-electron chi connectivity index (χ3n) is 5.79. The van der Waals surface area contributed by atoms with Gasteiger partial charge < -0.3 is 9.64 Å². The molecule has 0 saturated carbocycles. The van der Waals surface area contributed by atoms with Crippen molar-refractivity contribution in [3.05, 3.63) is 53.6 Å². The highest BCUT2D eigenvalue weighted by Gasteiger charge is 2.36. The van der Waals surface area contributed by atoms with Crippen molar-refractivity contribution < 1.29 is 23.9 Å². The molecule has 0 radical (unpaired) electrons. The minimum atomic E-state index is -0.555. The van der Waals surface area contributed by atoms with Gasteiger partial charge in [0.15, 0.2) is 0 Å². The number of rotatable bonds is 5. The molecule has 2 fully saturated rings. The van der Waals surface area contributed by atoms with Crippen molar-refractivity contribution in [2.24, 2.45) is 5.92 Å². The summed E-state index contributed by atoms with van der Waals surface area (Å²) in [6.07, 6.45) is 1.44. The highest BCUT2D eigenvalue weighted by atomic mass is 16.5. The Bertz CT molecular complexity index is 1040. The third-order valence-corrected chi connectivity index (χ3v) is 5.79. The summed E-state index contributed by atoms with van der Waals surface area (Å²) in [5.74, 6) is -1.27. The first-order valence-electron chi connectivity index (χ1n) is 10.4. The quantitative estimate of drug-likeness (QED) is 0.421. The van der Waals surface area contributed by atoms with Gasteiger partial charge in [-0.15, -0.1) is 0 Å². The maximum absolute atomic E-state index is 12.7. The van der Waals surface area contributed by atoms with Crippen LogP contribution in [0.15, 0.2) is 42.5 Å². The Balaban J connectivity index is 1.43. The highest BCUT2D eigenvalue weighted by Crippen LogP contribution is 2.31. The number of imide groups is 1. The van der Waals surface area contributed by atoms with Crippen LogP contribution in [0.25, 0.3) is 0 Å². The molecule has 2 aliphatic heterocycles. The lowest BCUT2D eigenvalue weighted by Crippen LogP contribution is -2.29. The largest absolute Gasteiger partial charge is 0.426 e. The molecule has 2 aliphatic rings. The Morgan fingerprint density at radius 2 is 1.68 bits per heavy atom. The normalized spacial score (nSPS) is 18.8. The van der Waals surface area contributed by atoms with Gasteiger partial charge in [0.1, 0.15) is 5.75 Å². The van der Waals surface area contributed by atoms with Gasteiger partial charge >= 0.3 is 5.97 Å². The van der Waals surface area contributed by atoms with E-state index in [1.54, 1.807) is 30.0 Å². The van der Waals surface area contributed by atoms with Crippen molar-refractivity contribution in [2.45, 2.75) is 39.5 Å². The number of nitrogens with zero attached hydrogens (tertiary/aromatic N) is 2. The summed E-state index contributed by atoms with van der Waals surface area (Å²) < 4.78 is 5.51. The topological polar surface area (TPSA) is 84.0 Å². The molecule has 2 saturated heterocycles. The number of esters is 1. The second-order valence-electron chi connectivity index (χ2n) is 7.92. The molecule has 4 rings (SSSR count). The van der Waals surface area contributed by atoms with Gasteiger partial charge in [-0.1, -0.05) is 19.1 Å². The van der Waals surface area contributed by atoms with Gasteiger partial charge in [0.05, 0.1) is 11.6 Å². The first kappa shape index (κ1) is 20.8. The van der Waals surface area contributed by atoms with E-state index < -0.39 is 11.9 Å². The average molecular weight is 420 g/mol. The van der Waals surface area contributed by atoms with E-state index in [-0.39, 0.29) is 43.5 Å². The Kier molecular flexibility index (Phi) is 5.59. The van der Waals surface area contributed by atoms with Gasteiger partial charge in [0.25, 0.3) is 0 Å². The molecule has 0 aromatic heterocycles. The minimum absolute atomic E-state index is 0.0994. The molecule has 2 heterocycles. The second-order valence-corrected chi connectivity index (χ2v) is 7.92. The molecule has 2 aromatic carbocycles. The lowest BCUT2D eigenvalue weighted by atomic mass is 10.1. The zero-order chi connectivity index (χ0) is 22.1. The standard InChI is InChI=1S/C24H24N2O5/c1-3-16-4-6-18(7-5-16)25-14-17(13-23(25)29)24(30)31-19-8-9-20(15(2)12-19)26-21(27)10-11-22(26)28/h4-9,12,17H,3,10-11,13-14H2,1-2H3/t17-/m1/s1. The van der Waals surface area contributed by atoms with Crippen LogP contribution < -0.4 is 14.5 Å². The summed E-state index contributed by atoms with van der Waals surface area (Å²) in [5, 5.41) is 0. The molecule has 3 amide bonds. The maximum Gasteiger partial charge on any atom is 0.316 e. The molecule has 31 heavy (non-hydrogen) atoms. The Hall–Kier alpha value is -3.48. The van der Waals surface area contributed by atoms with Gasteiger partial charge in [0.2, 0.25) is 17.7 Å². The summed E-state index contributed by atoms with van der Waals surface area (Å²) in [7, 11) is 0. The van der Waals surface area contributed by atoms with Crippen LogP contribution in [0.5, 0.6) is 5.75 Å². The zero-order valence-electron chi connectivity index (χ0n) is 17.6. The molecule has 1 atom stereocenters. The molecule has 160 valence electrons. The van der Waals surface area contributed by atoms with Gasteiger partial charge in [-0.2, -0.15) is 0 Å². The predicted octanol–water partition coefficient (Wildman–Crippen LogP) is 3.17. The molecule has 0 bridgehead atoms. The number of ether oxygens (including phenoxy) is 1. The van der Waals surface area contributed by atoms with E-state index >= 15 is 0 Å². The van der Waals surface area contributed by atoms with E-state index in [0.717, 1.165) is 12.1 Å². The van der Waals surface area contributed by atoms with E-state index in [1.807, 2.05) is 24.3 Å². The second kappa shape index (κ2) is 8.34. The number of anilines is 2. The molecule has 0 aliphatic carbocycles. The smallest absolute Gasteiger partial charge is 0.316 e.